The molecule has 2 aromatic rings. The van der Waals surface area contributed by atoms with Gasteiger partial charge in [-0.1, -0.05) is 29.3 Å². The minimum atomic E-state index is -0.703. The lowest BCUT2D eigenvalue weighted by atomic mass is 10.2. The zero-order valence-electron chi connectivity index (χ0n) is 12.1. The van der Waals surface area contributed by atoms with Gasteiger partial charge in [-0.25, -0.2) is 4.79 Å². The van der Waals surface area contributed by atoms with E-state index in [1.165, 1.54) is 6.07 Å². The van der Waals surface area contributed by atoms with Gasteiger partial charge in [-0.3, -0.25) is 4.79 Å². The van der Waals surface area contributed by atoms with E-state index in [1.54, 1.807) is 36.0 Å². The van der Waals surface area contributed by atoms with Crippen molar-refractivity contribution in [1.29, 1.82) is 0 Å². The van der Waals surface area contributed by atoms with Crippen LogP contribution in [0, 0.1) is 0 Å². The number of halogens is 2. The molecule has 0 aliphatic rings. The molecule has 0 aromatic heterocycles. The standard InChI is InChI=1S/C16H13Cl2NO3S/c1-23-11-7-5-10(6-8-11)19-14(20)9-22-16(21)12-3-2-4-13(17)15(12)18/h2-8H,9H2,1H3,(H,19,20). The molecule has 0 aliphatic heterocycles. The van der Waals surface area contributed by atoms with E-state index in [0.29, 0.717) is 5.69 Å². The third kappa shape index (κ3) is 4.89. The topological polar surface area (TPSA) is 55.4 Å². The molecule has 2 rings (SSSR count). The maximum atomic E-state index is 11.9. The molecule has 120 valence electrons. The first-order valence-electron chi connectivity index (χ1n) is 6.56. The first-order chi connectivity index (χ1) is 11.0. The van der Waals surface area contributed by atoms with Gasteiger partial charge in [-0.05, 0) is 42.7 Å². The summed E-state index contributed by atoms with van der Waals surface area (Å²) < 4.78 is 4.94. The molecule has 0 radical (unpaired) electrons. The number of anilines is 1. The van der Waals surface area contributed by atoms with Gasteiger partial charge in [0.1, 0.15) is 0 Å². The molecule has 4 nitrogen and oxygen atoms in total. The molecule has 0 bridgehead atoms. The van der Waals surface area contributed by atoms with Crippen LogP contribution in [0.3, 0.4) is 0 Å². The first kappa shape index (κ1) is 17.7. The van der Waals surface area contributed by atoms with Crippen molar-refractivity contribution in [3.63, 3.8) is 0 Å². The summed E-state index contributed by atoms with van der Waals surface area (Å²) in [6, 6.07) is 12.0. The Morgan fingerprint density at radius 1 is 1.13 bits per heavy atom. The van der Waals surface area contributed by atoms with Crippen molar-refractivity contribution in [3.05, 3.63) is 58.1 Å². The summed E-state index contributed by atoms with van der Waals surface area (Å²) in [7, 11) is 0. The molecule has 0 saturated heterocycles. The van der Waals surface area contributed by atoms with E-state index in [0.717, 1.165) is 4.90 Å². The number of carbonyl (C=O) groups is 2. The average molecular weight is 370 g/mol. The SMILES string of the molecule is CSc1ccc(NC(=O)COC(=O)c2cccc(Cl)c2Cl)cc1. The normalized spacial score (nSPS) is 10.2. The molecule has 0 spiro atoms. The lowest BCUT2D eigenvalue weighted by Crippen LogP contribution is -2.21. The monoisotopic (exact) mass is 369 g/mol. The van der Waals surface area contributed by atoms with Crippen molar-refractivity contribution in [3.8, 4) is 0 Å². The number of ether oxygens (including phenoxy) is 1. The molecule has 0 aliphatic carbocycles. The summed E-state index contributed by atoms with van der Waals surface area (Å²) in [5, 5.41) is 2.99. The van der Waals surface area contributed by atoms with Gasteiger partial charge in [0.25, 0.3) is 5.91 Å². The second kappa shape index (κ2) is 8.24. The van der Waals surface area contributed by atoms with Crippen LogP contribution in [0.2, 0.25) is 10.0 Å². The third-order valence-corrected chi connectivity index (χ3v) is 4.44. The average Bonchev–Trinajstić information content (AvgIpc) is 2.56. The van der Waals surface area contributed by atoms with E-state index in [2.05, 4.69) is 5.32 Å². The molecule has 0 unspecified atom stereocenters. The summed E-state index contributed by atoms with van der Waals surface area (Å²) in [6.45, 7) is -0.411. The van der Waals surface area contributed by atoms with Crippen LogP contribution in [0.5, 0.6) is 0 Å². The van der Waals surface area contributed by atoms with Gasteiger partial charge >= 0.3 is 5.97 Å². The van der Waals surface area contributed by atoms with Crippen LogP contribution >= 0.6 is 35.0 Å². The van der Waals surface area contributed by atoms with Crippen molar-refractivity contribution >= 4 is 52.5 Å². The Kier molecular flexibility index (Phi) is 6.33. The Morgan fingerprint density at radius 3 is 2.48 bits per heavy atom. The van der Waals surface area contributed by atoms with Gasteiger partial charge in [0.05, 0.1) is 15.6 Å². The molecule has 23 heavy (non-hydrogen) atoms. The predicted octanol–water partition coefficient (Wildman–Crippen LogP) is 4.51. The van der Waals surface area contributed by atoms with Gasteiger partial charge < -0.3 is 10.1 Å². The molecule has 0 fully saturated rings. The molecule has 7 heteroatoms. The highest BCUT2D eigenvalue weighted by molar-refractivity contribution is 7.98. The van der Waals surface area contributed by atoms with E-state index in [-0.39, 0.29) is 15.6 Å². The summed E-state index contributed by atoms with van der Waals surface area (Å²) >= 11 is 13.4. The summed E-state index contributed by atoms with van der Waals surface area (Å²) in [6.07, 6.45) is 1.97. The van der Waals surface area contributed by atoms with Crippen LogP contribution < -0.4 is 5.32 Å². The Balaban J connectivity index is 1.90. The first-order valence-corrected chi connectivity index (χ1v) is 8.54. The van der Waals surface area contributed by atoms with Gasteiger partial charge in [-0.15, -0.1) is 11.8 Å². The Morgan fingerprint density at radius 2 is 1.83 bits per heavy atom. The van der Waals surface area contributed by atoms with Crippen molar-refractivity contribution in [2.75, 3.05) is 18.2 Å². The molecule has 1 N–H and O–H groups in total. The molecule has 2 aromatic carbocycles. The van der Waals surface area contributed by atoms with Crippen LogP contribution in [0.4, 0.5) is 5.69 Å². The highest BCUT2D eigenvalue weighted by atomic mass is 35.5. The predicted molar refractivity (Wildman–Crippen MR) is 93.6 cm³/mol. The molecule has 0 saturated carbocycles. The highest BCUT2D eigenvalue weighted by Gasteiger charge is 2.15. The highest BCUT2D eigenvalue weighted by Crippen LogP contribution is 2.26. The van der Waals surface area contributed by atoms with Gasteiger partial charge in [0.15, 0.2) is 6.61 Å². The number of nitrogens with one attached hydrogen (secondary N) is 1. The summed E-state index contributed by atoms with van der Waals surface area (Å²) in [5.74, 6) is -1.14. The third-order valence-electron chi connectivity index (χ3n) is 2.88. The maximum Gasteiger partial charge on any atom is 0.340 e. The molecular weight excluding hydrogens is 357 g/mol. The number of amides is 1. The Bertz CT molecular complexity index is 720. The number of carbonyl (C=O) groups excluding carboxylic acids is 2. The smallest absolute Gasteiger partial charge is 0.340 e. The van der Waals surface area contributed by atoms with Gasteiger partial charge in [-0.2, -0.15) is 0 Å². The van der Waals surface area contributed by atoms with E-state index < -0.39 is 18.5 Å². The number of esters is 1. The number of rotatable bonds is 5. The van der Waals surface area contributed by atoms with E-state index in [1.807, 2.05) is 18.4 Å². The zero-order chi connectivity index (χ0) is 16.8. The molecule has 0 heterocycles. The minimum absolute atomic E-state index is 0.104. The fourth-order valence-corrected chi connectivity index (χ4v) is 2.53. The Labute approximate surface area is 148 Å². The van der Waals surface area contributed by atoms with E-state index >= 15 is 0 Å². The number of hydrogen-bond acceptors (Lipinski definition) is 4. The number of hydrogen-bond donors (Lipinski definition) is 1. The van der Waals surface area contributed by atoms with Crippen LogP contribution in [-0.2, 0) is 9.53 Å². The van der Waals surface area contributed by atoms with Crippen molar-refractivity contribution in [2.24, 2.45) is 0 Å². The second-order valence-electron chi connectivity index (χ2n) is 4.45. The quantitative estimate of drug-likeness (QED) is 0.622. The molecular formula is C16H13Cl2NO3S. The fraction of sp³-hybridized carbons (Fsp3) is 0.125. The van der Waals surface area contributed by atoms with Crippen molar-refractivity contribution in [2.45, 2.75) is 4.90 Å². The maximum absolute atomic E-state index is 11.9. The van der Waals surface area contributed by atoms with E-state index in [4.69, 9.17) is 27.9 Å². The fourth-order valence-electron chi connectivity index (χ4n) is 1.74. The van der Waals surface area contributed by atoms with Gasteiger partial charge in [0, 0.05) is 10.6 Å². The molecule has 0 atom stereocenters. The van der Waals surface area contributed by atoms with Crippen LogP contribution in [-0.4, -0.2) is 24.7 Å². The summed E-state index contributed by atoms with van der Waals surface area (Å²) in [4.78, 5) is 24.8. The van der Waals surface area contributed by atoms with Crippen molar-refractivity contribution < 1.29 is 14.3 Å². The van der Waals surface area contributed by atoms with Crippen LogP contribution in [0.25, 0.3) is 0 Å². The zero-order valence-corrected chi connectivity index (χ0v) is 14.5. The lowest BCUT2D eigenvalue weighted by Gasteiger charge is -2.08. The van der Waals surface area contributed by atoms with Crippen LogP contribution in [0.15, 0.2) is 47.4 Å². The Hall–Kier alpha value is -1.69. The number of benzene rings is 2. The molecule has 1 amide bonds. The lowest BCUT2D eigenvalue weighted by molar-refractivity contribution is -0.119. The van der Waals surface area contributed by atoms with E-state index in [9.17, 15) is 9.59 Å². The largest absolute Gasteiger partial charge is 0.452 e. The number of thioether (sulfide) groups is 1. The summed E-state index contributed by atoms with van der Waals surface area (Å²) in [5.41, 5.74) is 0.751. The minimum Gasteiger partial charge on any atom is -0.452 e. The van der Waals surface area contributed by atoms with Crippen molar-refractivity contribution in [1.82, 2.24) is 0 Å². The van der Waals surface area contributed by atoms with Crippen LogP contribution in [0.1, 0.15) is 10.4 Å². The second-order valence-corrected chi connectivity index (χ2v) is 6.12. The van der Waals surface area contributed by atoms with Gasteiger partial charge in [0.2, 0.25) is 0 Å².